The molecule has 21 heavy (non-hydrogen) atoms. The number of carbonyl (C=O) groups excluding carboxylic acids is 1. The second-order valence-electron chi connectivity index (χ2n) is 6.20. The van der Waals surface area contributed by atoms with Crippen molar-refractivity contribution in [2.24, 2.45) is 7.05 Å². The van der Waals surface area contributed by atoms with Crippen LogP contribution in [0.15, 0.2) is 0 Å². The van der Waals surface area contributed by atoms with Gasteiger partial charge in [-0.05, 0) is 27.3 Å². The van der Waals surface area contributed by atoms with Crippen LogP contribution in [0.25, 0.3) is 0 Å². The summed E-state index contributed by atoms with van der Waals surface area (Å²) in [5.41, 5.74) is 2.50. The second kappa shape index (κ2) is 5.42. The van der Waals surface area contributed by atoms with Gasteiger partial charge in [0.05, 0.1) is 30.0 Å². The first-order valence-corrected chi connectivity index (χ1v) is 7.60. The molecule has 2 aliphatic heterocycles. The molecule has 0 radical (unpaired) electrons. The molecule has 0 N–H and O–H groups in total. The van der Waals surface area contributed by atoms with Gasteiger partial charge in [0.1, 0.15) is 0 Å². The fourth-order valence-corrected chi connectivity index (χ4v) is 3.51. The van der Waals surface area contributed by atoms with Gasteiger partial charge in [0.25, 0.3) is 5.91 Å². The molecule has 6 nitrogen and oxygen atoms in total. The number of likely N-dealkylation sites (tertiary alicyclic amines) is 1. The average molecular weight is 292 g/mol. The van der Waals surface area contributed by atoms with Crippen LogP contribution in [0.4, 0.5) is 0 Å². The van der Waals surface area contributed by atoms with E-state index in [0.29, 0.717) is 13.2 Å². The van der Waals surface area contributed by atoms with Crippen LogP contribution in [0.1, 0.15) is 28.2 Å². The number of amides is 1. The van der Waals surface area contributed by atoms with Crippen LogP contribution >= 0.6 is 0 Å². The number of nitrogens with zero attached hydrogens (tertiary/aromatic N) is 4. The molecule has 0 aromatic carbocycles. The average Bonchev–Trinajstić information content (AvgIpc) is 2.71. The monoisotopic (exact) mass is 292 g/mol. The highest BCUT2D eigenvalue weighted by Gasteiger charge is 2.39. The number of hydrogen-bond donors (Lipinski definition) is 0. The molecule has 0 aliphatic carbocycles. The van der Waals surface area contributed by atoms with Crippen molar-refractivity contribution in [1.29, 1.82) is 0 Å². The van der Waals surface area contributed by atoms with Gasteiger partial charge in [-0.25, -0.2) is 0 Å². The summed E-state index contributed by atoms with van der Waals surface area (Å²) >= 11 is 0. The lowest BCUT2D eigenvalue weighted by molar-refractivity contribution is -0.0870. The van der Waals surface area contributed by atoms with Crippen molar-refractivity contribution in [1.82, 2.24) is 19.6 Å². The molecule has 2 fully saturated rings. The van der Waals surface area contributed by atoms with Crippen LogP contribution in [0, 0.1) is 13.8 Å². The second-order valence-corrected chi connectivity index (χ2v) is 6.20. The molecule has 2 atom stereocenters. The van der Waals surface area contributed by atoms with Crippen LogP contribution in [-0.4, -0.2) is 70.9 Å². The molecule has 2 saturated heterocycles. The Labute approximate surface area is 125 Å². The van der Waals surface area contributed by atoms with Crippen LogP contribution in [0.3, 0.4) is 0 Å². The number of likely N-dealkylation sites (N-methyl/N-ethyl adjacent to an activating group) is 1. The van der Waals surface area contributed by atoms with E-state index in [1.165, 1.54) is 0 Å². The highest BCUT2D eigenvalue weighted by molar-refractivity contribution is 5.96. The lowest BCUT2D eigenvalue weighted by Crippen LogP contribution is -2.60. The number of fused-ring (bicyclic) bond motifs is 1. The molecule has 1 aromatic heterocycles. The number of ether oxygens (including phenoxy) is 1. The minimum absolute atomic E-state index is 0.103. The van der Waals surface area contributed by atoms with E-state index in [9.17, 15) is 4.79 Å². The third kappa shape index (κ3) is 2.46. The predicted molar refractivity (Wildman–Crippen MR) is 79.4 cm³/mol. The molecule has 3 heterocycles. The Morgan fingerprint density at radius 3 is 2.71 bits per heavy atom. The van der Waals surface area contributed by atoms with Gasteiger partial charge in [0, 0.05) is 32.4 Å². The summed E-state index contributed by atoms with van der Waals surface area (Å²) in [7, 11) is 3.99. The predicted octanol–water partition coefficient (Wildman–Crippen LogP) is 0.582. The third-order valence-corrected chi connectivity index (χ3v) is 4.77. The first-order valence-electron chi connectivity index (χ1n) is 7.60. The molecule has 1 aromatic rings. The van der Waals surface area contributed by atoms with E-state index in [4.69, 9.17) is 4.74 Å². The Morgan fingerprint density at radius 1 is 1.29 bits per heavy atom. The van der Waals surface area contributed by atoms with E-state index in [2.05, 4.69) is 17.0 Å². The highest BCUT2D eigenvalue weighted by atomic mass is 16.5. The molecule has 2 aliphatic rings. The first-order chi connectivity index (χ1) is 9.99. The maximum absolute atomic E-state index is 13.0. The van der Waals surface area contributed by atoms with Gasteiger partial charge in [0.2, 0.25) is 0 Å². The first kappa shape index (κ1) is 14.5. The van der Waals surface area contributed by atoms with Crippen molar-refractivity contribution in [3.05, 3.63) is 17.0 Å². The Balaban J connectivity index is 1.89. The Morgan fingerprint density at radius 2 is 2.05 bits per heavy atom. The Kier molecular flexibility index (Phi) is 3.75. The molecule has 3 rings (SSSR count). The molecule has 0 bridgehead atoms. The molecule has 0 unspecified atom stereocenters. The lowest BCUT2D eigenvalue weighted by Gasteiger charge is -2.46. The topological polar surface area (TPSA) is 50.6 Å². The molecular weight excluding hydrogens is 268 g/mol. The number of morpholine rings is 1. The molecule has 1 amide bonds. The van der Waals surface area contributed by atoms with Crippen molar-refractivity contribution in [3.8, 4) is 0 Å². The van der Waals surface area contributed by atoms with Crippen molar-refractivity contribution in [2.45, 2.75) is 32.4 Å². The summed E-state index contributed by atoms with van der Waals surface area (Å²) in [5, 5.41) is 4.37. The summed E-state index contributed by atoms with van der Waals surface area (Å²) < 4.78 is 7.66. The van der Waals surface area contributed by atoms with Crippen LogP contribution in [0.2, 0.25) is 0 Å². The van der Waals surface area contributed by atoms with Crippen molar-refractivity contribution >= 4 is 5.91 Å². The number of hydrogen-bond acceptors (Lipinski definition) is 4. The van der Waals surface area contributed by atoms with Crippen LogP contribution < -0.4 is 0 Å². The number of aryl methyl sites for hydroxylation is 2. The minimum atomic E-state index is 0.103. The maximum Gasteiger partial charge on any atom is 0.258 e. The molecular formula is C15H24N4O2. The zero-order valence-corrected chi connectivity index (χ0v) is 13.3. The molecule has 0 saturated carbocycles. The Bertz CT molecular complexity index is 554. The number of piperidine rings is 1. The highest BCUT2D eigenvalue weighted by Crippen LogP contribution is 2.25. The zero-order chi connectivity index (χ0) is 15.1. The summed E-state index contributed by atoms with van der Waals surface area (Å²) in [6.07, 6.45) is 1.17. The fourth-order valence-electron chi connectivity index (χ4n) is 3.51. The van der Waals surface area contributed by atoms with E-state index >= 15 is 0 Å². The Hall–Kier alpha value is -1.40. The van der Waals surface area contributed by atoms with Gasteiger partial charge >= 0.3 is 0 Å². The van der Waals surface area contributed by atoms with Crippen LogP contribution in [-0.2, 0) is 11.8 Å². The van der Waals surface area contributed by atoms with Gasteiger partial charge in [-0.3, -0.25) is 9.48 Å². The third-order valence-electron chi connectivity index (χ3n) is 4.77. The maximum atomic E-state index is 13.0. The van der Waals surface area contributed by atoms with E-state index in [1.807, 2.05) is 25.8 Å². The normalized spacial score (nSPS) is 26.8. The summed E-state index contributed by atoms with van der Waals surface area (Å²) in [4.78, 5) is 17.3. The smallest absolute Gasteiger partial charge is 0.258 e. The molecule has 116 valence electrons. The standard InChI is InChI=1S/C15H24N4O2/c1-10-14(11(2)18(4)16-10)15(20)19-7-8-21-13-5-6-17(3)9-12(13)19/h12-13H,5-9H2,1-4H3/t12-,13-/m1/s1. The van der Waals surface area contributed by atoms with Gasteiger partial charge in [-0.2, -0.15) is 5.10 Å². The van der Waals surface area contributed by atoms with E-state index in [-0.39, 0.29) is 18.1 Å². The summed E-state index contributed by atoms with van der Waals surface area (Å²) in [6.45, 7) is 7.09. The van der Waals surface area contributed by atoms with Gasteiger partial charge < -0.3 is 14.5 Å². The molecule has 0 spiro atoms. The van der Waals surface area contributed by atoms with Gasteiger partial charge in [0.15, 0.2) is 0 Å². The SMILES string of the molecule is Cc1nn(C)c(C)c1C(=O)N1CCO[C@@H]2CCN(C)C[C@H]21. The van der Waals surface area contributed by atoms with E-state index < -0.39 is 0 Å². The zero-order valence-electron chi connectivity index (χ0n) is 13.3. The van der Waals surface area contributed by atoms with E-state index in [1.54, 1.807) is 4.68 Å². The number of carbonyl (C=O) groups is 1. The number of aromatic nitrogens is 2. The quantitative estimate of drug-likeness (QED) is 0.760. The number of rotatable bonds is 1. The summed E-state index contributed by atoms with van der Waals surface area (Å²) in [5.74, 6) is 0.103. The largest absolute Gasteiger partial charge is 0.374 e. The minimum Gasteiger partial charge on any atom is -0.374 e. The van der Waals surface area contributed by atoms with Crippen LogP contribution in [0.5, 0.6) is 0 Å². The lowest BCUT2D eigenvalue weighted by atomic mass is 9.98. The van der Waals surface area contributed by atoms with Crippen molar-refractivity contribution < 1.29 is 9.53 Å². The summed E-state index contributed by atoms with van der Waals surface area (Å²) in [6, 6.07) is 0.156. The van der Waals surface area contributed by atoms with Gasteiger partial charge in [-0.1, -0.05) is 0 Å². The van der Waals surface area contributed by atoms with Crippen molar-refractivity contribution in [2.75, 3.05) is 33.3 Å². The van der Waals surface area contributed by atoms with Crippen molar-refractivity contribution in [3.63, 3.8) is 0 Å². The fraction of sp³-hybridized carbons (Fsp3) is 0.733. The van der Waals surface area contributed by atoms with Gasteiger partial charge in [-0.15, -0.1) is 0 Å². The van der Waals surface area contributed by atoms with E-state index in [0.717, 1.165) is 36.5 Å². The molecule has 6 heteroatoms.